The maximum absolute atomic E-state index is 12.1. The molecule has 6 nitrogen and oxygen atoms in total. The molecule has 1 saturated heterocycles. The topological polar surface area (TPSA) is 79.7 Å². The molecule has 2 rings (SSSR count). The van der Waals surface area contributed by atoms with E-state index in [2.05, 4.69) is 4.98 Å². The average molecular weight is 250 g/mol. The highest BCUT2D eigenvalue weighted by molar-refractivity contribution is 6.03. The lowest BCUT2D eigenvalue weighted by molar-refractivity contribution is -0.190. The summed E-state index contributed by atoms with van der Waals surface area (Å²) in [5, 5.41) is 9.13. The van der Waals surface area contributed by atoms with Gasteiger partial charge in [-0.25, -0.2) is 0 Å². The van der Waals surface area contributed by atoms with Gasteiger partial charge in [0.05, 0.1) is 13.2 Å². The van der Waals surface area contributed by atoms with Crippen molar-refractivity contribution in [1.29, 1.82) is 0 Å². The van der Waals surface area contributed by atoms with Crippen LogP contribution >= 0.6 is 0 Å². The van der Waals surface area contributed by atoms with E-state index in [4.69, 9.17) is 9.84 Å². The van der Waals surface area contributed by atoms with E-state index >= 15 is 0 Å². The van der Waals surface area contributed by atoms with Crippen molar-refractivity contribution in [3.63, 3.8) is 0 Å². The van der Waals surface area contributed by atoms with Gasteiger partial charge >= 0.3 is 5.97 Å². The van der Waals surface area contributed by atoms with E-state index in [1.165, 1.54) is 4.90 Å². The second kappa shape index (κ2) is 4.73. The quantitative estimate of drug-likeness (QED) is 0.769. The van der Waals surface area contributed by atoms with E-state index < -0.39 is 17.3 Å². The second-order valence-corrected chi connectivity index (χ2v) is 4.40. The van der Waals surface area contributed by atoms with Gasteiger partial charge in [0.2, 0.25) is 5.91 Å². The fourth-order valence-corrected chi connectivity index (χ4v) is 1.84. The largest absolute Gasteiger partial charge is 0.480 e. The van der Waals surface area contributed by atoms with Crippen LogP contribution in [-0.2, 0) is 20.9 Å². The van der Waals surface area contributed by atoms with Crippen molar-refractivity contribution in [1.82, 2.24) is 9.88 Å². The number of hydrogen-bond acceptors (Lipinski definition) is 4. The molecule has 0 bridgehead atoms. The van der Waals surface area contributed by atoms with Crippen molar-refractivity contribution in [3.8, 4) is 0 Å². The van der Waals surface area contributed by atoms with Crippen LogP contribution < -0.4 is 0 Å². The van der Waals surface area contributed by atoms with Gasteiger partial charge in [0, 0.05) is 26.0 Å². The molecule has 96 valence electrons. The highest BCUT2D eigenvalue weighted by Gasteiger charge is 2.54. The third-order valence-electron chi connectivity index (χ3n) is 3.03. The molecular weight excluding hydrogens is 236 g/mol. The number of carbonyl (C=O) groups excluding carboxylic acids is 1. The lowest BCUT2D eigenvalue weighted by atomic mass is 9.84. The number of pyridine rings is 1. The molecule has 0 saturated carbocycles. The van der Waals surface area contributed by atoms with Gasteiger partial charge < -0.3 is 14.7 Å². The van der Waals surface area contributed by atoms with Crippen molar-refractivity contribution in [2.75, 3.05) is 20.3 Å². The van der Waals surface area contributed by atoms with Crippen molar-refractivity contribution in [2.45, 2.75) is 6.54 Å². The Labute approximate surface area is 104 Å². The van der Waals surface area contributed by atoms with E-state index in [1.807, 2.05) is 0 Å². The highest BCUT2D eigenvalue weighted by atomic mass is 16.5. The molecule has 1 aromatic rings. The van der Waals surface area contributed by atoms with E-state index in [9.17, 15) is 9.59 Å². The summed E-state index contributed by atoms with van der Waals surface area (Å²) in [4.78, 5) is 28.6. The lowest BCUT2D eigenvalue weighted by Gasteiger charge is -2.38. The number of rotatable bonds is 4. The predicted molar refractivity (Wildman–Crippen MR) is 61.6 cm³/mol. The fraction of sp³-hybridized carbons (Fsp3) is 0.417. The molecule has 0 unspecified atom stereocenters. The second-order valence-electron chi connectivity index (χ2n) is 4.40. The molecule has 18 heavy (non-hydrogen) atoms. The van der Waals surface area contributed by atoms with Gasteiger partial charge in [-0.2, -0.15) is 0 Å². The number of hydrogen-bond donors (Lipinski definition) is 1. The van der Waals surface area contributed by atoms with E-state index in [-0.39, 0.29) is 13.2 Å². The van der Waals surface area contributed by atoms with Gasteiger partial charge in [0.1, 0.15) is 0 Å². The number of amides is 1. The SMILES string of the molecule is CN(Cc1ccncc1)C(=O)C1(C(=O)O)COC1. The molecule has 0 radical (unpaired) electrons. The molecule has 1 N–H and O–H groups in total. The third-order valence-corrected chi connectivity index (χ3v) is 3.03. The van der Waals surface area contributed by atoms with Crippen LogP contribution in [-0.4, -0.2) is 47.1 Å². The third kappa shape index (κ3) is 2.06. The van der Waals surface area contributed by atoms with Gasteiger partial charge in [0.25, 0.3) is 0 Å². The average Bonchev–Trinajstić information content (AvgIpc) is 2.28. The van der Waals surface area contributed by atoms with Crippen LogP contribution in [0.15, 0.2) is 24.5 Å². The summed E-state index contributed by atoms with van der Waals surface area (Å²) in [7, 11) is 1.59. The molecule has 1 fully saturated rings. The first-order valence-corrected chi connectivity index (χ1v) is 5.52. The van der Waals surface area contributed by atoms with Crippen molar-refractivity contribution >= 4 is 11.9 Å². The summed E-state index contributed by atoms with van der Waals surface area (Å²) in [6.45, 7) is 0.250. The Morgan fingerprint density at radius 1 is 1.44 bits per heavy atom. The summed E-state index contributed by atoms with van der Waals surface area (Å²) in [5.74, 6) is -1.54. The Hall–Kier alpha value is -1.95. The summed E-state index contributed by atoms with van der Waals surface area (Å²) in [6.07, 6.45) is 3.26. The summed E-state index contributed by atoms with van der Waals surface area (Å²) < 4.78 is 4.88. The van der Waals surface area contributed by atoms with Crippen LogP contribution in [0.4, 0.5) is 0 Å². The highest BCUT2D eigenvalue weighted by Crippen LogP contribution is 2.30. The van der Waals surface area contributed by atoms with E-state index in [0.29, 0.717) is 6.54 Å². The molecular formula is C12H14N2O4. The zero-order valence-electron chi connectivity index (χ0n) is 10.00. The molecule has 0 atom stereocenters. The number of carboxylic acids is 1. The summed E-state index contributed by atoms with van der Waals surface area (Å²) >= 11 is 0. The Bertz CT molecular complexity index is 456. The maximum atomic E-state index is 12.1. The molecule has 0 aliphatic carbocycles. The number of aromatic nitrogens is 1. The first kappa shape index (κ1) is 12.5. The zero-order valence-corrected chi connectivity index (χ0v) is 10.00. The number of nitrogens with zero attached hydrogens (tertiary/aromatic N) is 2. The lowest BCUT2D eigenvalue weighted by Crippen LogP contribution is -2.59. The standard InChI is InChI=1S/C12H14N2O4/c1-14(6-9-2-4-13-5-3-9)10(15)12(11(16)17)7-18-8-12/h2-5H,6-8H2,1H3,(H,16,17). The smallest absolute Gasteiger partial charge is 0.324 e. The van der Waals surface area contributed by atoms with Gasteiger partial charge in [-0.05, 0) is 17.7 Å². The molecule has 2 heterocycles. The zero-order chi connectivity index (χ0) is 13.2. The first-order valence-electron chi connectivity index (χ1n) is 5.52. The minimum Gasteiger partial charge on any atom is -0.480 e. The van der Waals surface area contributed by atoms with Crippen LogP contribution in [0.3, 0.4) is 0 Å². The molecule has 1 amide bonds. The summed E-state index contributed by atoms with van der Waals surface area (Å²) in [5.41, 5.74) is -0.497. The van der Waals surface area contributed by atoms with Crippen LogP contribution in [0.25, 0.3) is 0 Å². The Morgan fingerprint density at radius 2 is 2.06 bits per heavy atom. The van der Waals surface area contributed by atoms with Gasteiger partial charge in [0.15, 0.2) is 5.41 Å². The van der Waals surface area contributed by atoms with Gasteiger partial charge in [-0.15, -0.1) is 0 Å². The van der Waals surface area contributed by atoms with Gasteiger partial charge in [-0.1, -0.05) is 0 Å². The van der Waals surface area contributed by atoms with E-state index in [1.54, 1.807) is 31.6 Å². The fourth-order valence-electron chi connectivity index (χ4n) is 1.84. The Morgan fingerprint density at radius 3 is 2.50 bits per heavy atom. The first-order chi connectivity index (χ1) is 8.56. The number of carboxylic acid groups (broad SMARTS) is 1. The van der Waals surface area contributed by atoms with Crippen LogP contribution in [0.1, 0.15) is 5.56 Å². The van der Waals surface area contributed by atoms with Crippen molar-refractivity contribution < 1.29 is 19.4 Å². The Balaban J connectivity index is 2.07. The normalized spacial score (nSPS) is 16.7. The molecule has 1 aliphatic heterocycles. The van der Waals surface area contributed by atoms with E-state index in [0.717, 1.165) is 5.56 Å². The monoisotopic (exact) mass is 250 g/mol. The predicted octanol–water partition coefficient (Wildman–Crippen LogP) is 0.141. The minimum atomic E-state index is -1.40. The number of ether oxygens (including phenoxy) is 1. The maximum Gasteiger partial charge on any atom is 0.324 e. The molecule has 0 spiro atoms. The van der Waals surface area contributed by atoms with Crippen molar-refractivity contribution in [3.05, 3.63) is 30.1 Å². The molecule has 1 aromatic heterocycles. The van der Waals surface area contributed by atoms with Crippen LogP contribution in [0, 0.1) is 5.41 Å². The Kier molecular flexibility index (Phi) is 3.29. The summed E-state index contributed by atoms with van der Waals surface area (Å²) in [6, 6.07) is 3.57. The van der Waals surface area contributed by atoms with Gasteiger partial charge in [-0.3, -0.25) is 14.6 Å². The molecule has 1 aliphatic rings. The van der Waals surface area contributed by atoms with Crippen LogP contribution in [0.5, 0.6) is 0 Å². The van der Waals surface area contributed by atoms with Crippen molar-refractivity contribution in [2.24, 2.45) is 5.41 Å². The van der Waals surface area contributed by atoms with Crippen LogP contribution in [0.2, 0.25) is 0 Å². The number of carbonyl (C=O) groups is 2. The molecule has 0 aromatic carbocycles. The minimum absolute atomic E-state index is 0.0537. The molecule has 6 heteroatoms. The number of aliphatic carboxylic acids is 1.